The SMILES string of the molecule is Cc1cc2nnc(S[C@H](C)C(=O)Nc3ccc(Cl)cc3)n2c2ccccc12. The minimum atomic E-state index is -0.340. The van der Waals surface area contributed by atoms with Gasteiger partial charge in [-0.2, -0.15) is 0 Å². The second-order valence-corrected chi connectivity index (χ2v) is 8.02. The average molecular weight is 397 g/mol. The number of rotatable bonds is 4. The van der Waals surface area contributed by atoms with Gasteiger partial charge in [-0.1, -0.05) is 41.6 Å². The van der Waals surface area contributed by atoms with Gasteiger partial charge in [-0.05, 0) is 55.8 Å². The first kappa shape index (κ1) is 17.8. The first-order chi connectivity index (χ1) is 13.0. The van der Waals surface area contributed by atoms with E-state index in [1.807, 2.05) is 35.6 Å². The van der Waals surface area contributed by atoms with Crippen molar-refractivity contribution in [2.75, 3.05) is 5.32 Å². The fourth-order valence-electron chi connectivity index (χ4n) is 2.94. The normalized spacial score (nSPS) is 12.4. The van der Waals surface area contributed by atoms with Crippen molar-refractivity contribution < 1.29 is 4.79 Å². The summed E-state index contributed by atoms with van der Waals surface area (Å²) in [6.45, 7) is 3.92. The van der Waals surface area contributed by atoms with Crippen LogP contribution < -0.4 is 5.32 Å². The minimum absolute atomic E-state index is 0.101. The third-order valence-corrected chi connectivity index (χ3v) is 5.63. The number of carbonyl (C=O) groups is 1. The molecule has 0 saturated carbocycles. The van der Waals surface area contributed by atoms with Gasteiger partial charge in [0.15, 0.2) is 10.8 Å². The lowest BCUT2D eigenvalue weighted by Crippen LogP contribution is -2.22. The number of benzene rings is 2. The Labute approximate surface area is 165 Å². The molecule has 0 fully saturated rings. The molecule has 27 heavy (non-hydrogen) atoms. The summed E-state index contributed by atoms with van der Waals surface area (Å²) in [5.74, 6) is -0.101. The fourth-order valence-corrected chi connectivity index (χ4v) is 3.93. The second kappa shape index (κ2) is 7.21. The summed E-state index contributed by atoms with van der Waals surface area (Å²) in [7, 11) is 0. The summed E-state index contributed by atoms with van der Waals surface area (Å²) < 4.78 is 2.00. The number of para-hydroxylation sites is 1. The predicted octanol–water partition coefficient (Wildman–Crippen LogP) is 4.96. The van der Waals surface area contributed by atoms with E-state index in [1.165, 1.54) is 11.8 Å². The number of aryl methyl sites for hydroxylation is 1. The van der Waals surface area contributed by atoms with Gasteiger partial charge in [0.2, 0.25) is 5.91 Å². The molecule has 5 nitrogen and oxygen atoms in total. The van der Waals surface area contributed by atoms with Crippen LogP contribution in [-0.2, 0) is 4.79 Å². The first-order valence-electron chi connectivity index (χ1n) is 8.49. The number of carbonyl (C=O) groups excluding carboxylic acids is 1. The zero-order chi connectivity index (χ0) is 19.0. The average Bonchev–Trinajstić information content (AvgIpc) is 3.06. The molecule has 0 aliphatic rings. The Morgan fingerprint density at radius 1 is 1.15 bits per heavy atom. The number of pyridine rings is 1. The van der Waals surface area contributed by atoms with Crippen LogP contribution in [0.25, 0.3) is 16.6 Å². The van der Waals surface area contributed by atoms with Crippen LogP contribution in [0.2, 0.25) is 5.02 Å². The van der Waals surface area contributed by atoms with E-state index >= 15 is 0 Å². The number of halogens is 1. The van der Waals surface area contributed by atoms with Crippen LogP contribution in [0.5, 0.6) is 0 Å². The molecule has 4 rings (SSSR count). The van der Waals surface area contributed by atoms with E-state index in [2.05, 4.69) is 28.5 Å². The van der Waals surface area contributed by atoms with E-state index in [0.29, 0.717) is 15.9 Å². The Bertz CT molecular complexity index is 1140. The third kappa shape index (κ3) is 3.50. The molecule has 1 atom stereocenters. The van der Waals surface area contributed by atoms with Crippen molar-refractivity contribution in [1.29, 1.82) is 0 Å². The Hall–Kier alpha value is -2.57. The highest BCUT2D eigenvalue weighted by Gasteiger charge is 2.19. The summed E-state index contributed by atoms with van der Waals surface area (Å²) in [4.78, 5) is 12.6. The number of fused-ring (bicyclic) bond motifs is 3. The van der Waals surface area contributed by atoms with Crippen molar-refractivity contribution in [2.45, 2.75) is 24.3 Å². The molecule has 0 saturated heterocycles. The Morgan fingerprint density at radius 2 is 1.89 bits per heavy atom. The van der Waals surface area contributed by atoms with Crippen LogP contribution in [0.15, 0.2) is 59.8 Å². The highest BCUT2D eigenvalue weighted by molar-refractivity contribution is 8.00. The second-order valence-electron chi connectivity index (χ2n) is 6.28. The van der Waals surface area contributed by atoms with Crippen LogP contribution in [-0.4, -0.2) is 25.8 Å². The first-order valence-corrected chi connectivity index (χ1v) is 9.75. The molecule has 0 spiro atoms. The summed E-state index contributed by atoms with van der Waals surface area (Å²) in [5, 5.41) is 13.6. The van der Waals surface area contributed by atoms with Gasteiger partial charge in [0.05, 0.1) is 10.8 Å². The van der Waals surface area contributed by atoms with E-state index < -0.39 is 0 Å². The quantitative estimate of drug-likeness (QED) is 0.495. The molecular formula is C20H17ClN4OS. The van der Waals surface area contributed by atoms with E-state index in [0.717, 1.165) is 22.1 Å². The highest BCUT2D eigenvalue weighted by atomic mass is 35.5. The summed E-state index contributed by atoms with van der Waals surface area (Å²) in [6, 6.07) is 17.2. The largest absolute Gasteiger partial charge is 0.325 e. The van der Waals surface area contributed by atoms with Gasteiger partial charge >= 0.3 is 0 Å². The van der Waals surface area contributed by atoms with E-state index in [9.17, 15) is 4.79 Å². The Kier molecular flexibility index (Phi) is 4.76. The monoisotopic (exact) mass is 396 g/mol. The number of nitrogens with one attached hydrogen (secondary N) is 1. The molecule has 0 aliphatic heterocycles. The van der Waals surface area contributed by atoms with Gasteiger partial charge in [-0.15, -0.1) is 10.2 Å². The zero-order valence-electron chi connectivity index (χ0n) is 14.8. The lowest BCUT2D eigenvalue weighted by molar-refractivity contribution is -0.115. The minimum Gasteiger partial charge on any atom is -0.325 e. The van der Waals surface area contributed by atoms with Crippen molar-refractivity contribution in [3.8, 4) is 0 Å². The van der Waals surface area contributed by atoms with Gasteiger partial charge in [0.25, 0.3) is 0 Å². The van der Waals surface area contributed by atoms with Gasteiger partial charge in [-0.3, -0.25) is 9.20 Å². The molecule has 0 radical (unpaired) electrons. The molecular weight excluding hydrogens is 380 g/mol. The predicted molar refractivity (Wildman–Crippen MR) is 111 cm³/mol. The maximum atomic E-state index is 12.6. The number of anilines is 1. The number of amides is 1. The van der Waals surface area contributed by atoms with Gasteiger partial charge in [0.1, 0.15) is 0 Å². The highest BCUT2D eigenvalue weighted by Crippen LogP contribution is 2.28. The molecule has 7 heteroatoms. The van der Waals surface area contributed by atoms with Crippen LogP contribution in [0.4, 0.5) is 5.69 Å². The standard InChI is InChI=1S/C20H17ClN4OS/c1-12-11-18-23-24-20(25(18)17-6-4-3-5-16(12)17)27-13(2)19(26)22-15-9-7-14(21)8-10-15/h3-11,13H,1-2H3,(H,22,26)/t13-/m1/s1. The van der Waals surface area contributed by atoms with Crippen molar-refractivity contribution >= 4 is 51.5 Å². The molecule has 0 bridgehead atoms. The number of hydrogen-bond donors (Lipinski definition) is 1. The zero-order valence-corrected chi connectivity index (χ0v) is 16.4. The Morgan fingerprint density at radius 3 is 2.67 bits per heavy atom. The molecule has 0 aliphatic carbocycles. The van der Waals surface area contributed by atoms with Crippen LogP contribution in [0.1, 0.15) is 12.5 Å². The lowest BCUT2D eigenvalue weighted by atomic mass is 10.1. The molecule has 2 heterocycles. The van der Waals surface area contributed by atoms with Gasteiger partial charge in [-0.25, -0.2) is 0 Å². The summed E-state index contributed by atoms with van der Waals surface area (Å²) >= 11 is 7.27. The molecule has 4 aromatic rings. The molecule has 2 aromatic carbocycles. The summed E-state index contributed by atoms with van der Waals surface area (Å²) in [6.07, 6.45) is 0. The van der Waals surface area contributed by atoms with Crippen molar-refractivity contribution in [3.05, 3.63) is 65.2 Å². The van der Waals surface area contributed by atoms with Crippen LogP contribution in [0.3, 0.4) is 0 Å². The fraction of sp³-hybridized carbons (Fsp3) is 0.150. The molecule has 0 unspecified atom stereocenters. The van der Waals surface area contributed by atoms with Crippen LogP contribution in [0, 0.1) is 6.92 Å². The molecule has 136 valence electrons. The smallest absolute Gasteiger partial charge is 0.237 e. The van der Waals surface area contributed by atoms with Crippen molar-refractivity contribution in [1.82, 2.24) is 14.6 Å². The Balaban J connectivity index is 1.62. The lowest BCUT2D eigenvalue weighted by Gasteiger charge is -2.12. The maximum Gasteiger partial charge on any atom is 0.237 e. The van der Waals surface area contributed by atoms with Gasteiger partial charge in [0, 0.05) is 16.1 Å². The van der Waals surface area contributed by atoms with E-state index in [4.69, 9.17) is 11.6 Å². The van der Waals surface area contributed by atoms with Crippen LogP contribution >= 0.6 is 23.4 Å². The van der Waals surface area contributed by atoms with E-state index in [-0.39, 0.29) is 11.2 Å². The summed E-state index contributed by atoms with van der Waals surface area (Å²) in [5.41, 5.74) is 3.67. The molecule has 1 amide bonds. The van der Waals surface area contributed by atoms with Crippen molar-refractivity contribution in [2.24, 2.45) is 0 Å². The van der Waals surface area contributed by atoms with Gasteiger partial charge < -0.3 is 5.32 Å². The number of nitrogens with zero attached hydrogens (tertiary/aromatic N) is 3. The maximum absolute atomic E-state index is 12.6. The van der Waals surface area contributed by atoms with Crippen molar-refractivity contribution in [3.63, 3.8) is 0 Å². The number of thioether (sulfide) groups is 1. The molecule has 1 N–H and O–H groups in total. The number of aromatic nitrogens is 3. The third-order valence-electron chi connectivity index (χ3n) is 4.34. The van der Waals surface area contributed by atoms with E-state index in [1.54, 1.807) is 24.3 Å². The topological polar surface area (TPSA) is 59.3 Å². The number of hydrogen-bond acceptors (Lipinski definition) is 4. The molecule has 2 aromatic heterocycles.